The highest BCUT2D eigenvalue weighted by Crippen LogP contribution is 2.20. The molecule has 3 aromatic carbocycles. The number of epoxide rings is 1. The van der Waals surface area contributed by atoms with Crippen LogP contribution in [0.1, 0.15) is 106 Å². The van der Waals surface area contributed by atoms with Gasteiger partial charge in [-0.05, 0) is 64.8 Å². The molecule has 280 valence electrons. The maximum absolute atomic E-state index is 8.53. The molecule has 1 N–H and O–H groups in total. The highest BCUT2D eigenvalue weighted by molar-refractivity contribution is 5.25. The Morgan fingerprint density at radius 1 is 0.540 bits per heavy atom. The second-order valence-corrected chi connectivity index (χ2v) is 12.9. The first kappa shape index (κ1) is 43.5. The molecule has 0 radical (unpaired) electrons. The molecule has 1 heterocycles. The van der Waals surface area contributed by atoms with Gasteiger partial charge in [-0.25, -0.2) is 0 Å². The fraction of sp³-hybridized carbons (Fsp3) is 0.581. The summed E-state index contributed by atoms with van der Waals surface area (Å²) in [5, 5.41) is 8.53. The quantitative estimate of drug-likeness (QED) is 0.0784. The molecule has 1 aliphatic rings. The summed E-state index contributed by atoms with van der Waals surface area (Å²) in [5.41, 5.74) is 6.68. The van der Waals surface area contributed by atoms with Crippen molar-refractivity contribution in [2.45, 2.75) is 97.9 Å². The molecule has 4 rings (SSSR count). The fourth-order valence-electron chi connectivity index (χ4n) is 4.76. The number of aliphatic hydroxyl groups excluding tert-OH is 1. The van der Waals surface area contributed by atoms with E-state index in [0.29, 0.717) is 83.3 Å². The van der Waals surface area contributed by atoms with Crippen molar-refractivity contribution in [3.8, 4) is 0 Å². The van der Waals surface area contributed by atoms with Crippen molar-refractivity contribution >= 4 is 0 Å². The molecule has 0 saturated carbocycles. The van der Waals surface area contributed by atoms with E-state index in [1.165, 1.54) is 40.7 Å². The van der Waals surface area contributed by atoms with Gasteiger partial charge in [0.25, 0.3) is 0 Å². The normalized spacial score (nSPS) is 15.2. The molecule has 0 bridgehead atoms. The van der Waals surface area contributed by atoms with Crippen molar-refractivity contribution in [2.24, 2.45) is 0 Å². The molecule has 4 unspecified atom stereocenters. The molecule has 7 heteroatoms. The first-order valence-electron chi connectivity index (χ1n) is 18.7. The number of ether oxygens (including phenoxy) is 6. The van der Waals surface area contributed by atoms with Crippen LogP contribution in [0, 0.1) is 0 Å². The topological polar surface area (TPSA) is 78.9 Å². The van der Waals surface area contributed by atoms with Gasteiger partial charge in [-0.1, -0.05) is 120 Å². The van der Waals surface area contributed by atoms with E-state index in [2.05, 4.69) is 120 Å². The van der Waals surface area contributed by atoms with Crippen LogP contribution < -0.4 is 0 Å². The minimum Gasteiger partial charge on any atom is -0.394 e. The molecular formula is C43H66O7. The van der Waals surface area contributed by atoms with Crippen LogP contribution in [0.5, 0.6) is 0 Å². The summed E-state index contributed by atoms with van der Waals surface area (Å²) >= 11 is 0. The Morgan fingerprint density at radius 3 is 1.32 bits per heavy atom. The summed E-state index contributed by atoms with van der Waals surface area (Å²) in [5.74, 6) is 1.97. The summed E-state index contributed by atoms with van der Waals surface area (Å²) in [6, 6.07) is 28.0. The first-order chi connectivity index (χ1) is 24.4. The highest BCUT2D eigenvalue weighted by Gasteiger charge is 2.22. The van der Waals surface area contributed by atoms with E-state index >= 15 is 0 Å². The molecule has 0 aromatic heterocycles. The van der Waals surface area contributed by atoms with Crippen LogP contribution in [0.3, 0.4) is 0 Å². The van der Waals surface area contributed by atoms with Gasteiger partial charge < -0.3 is 33.5 Å². The fourth-order valence-corrected chi connectivity index (χ4v) is 4.76. The van der Waals surface area contributed by atoms with Crippen LogP contribution in [0.2, 0.25) is 0 Å². The second kappa shape index (κ2) is 28.0. The minimum atomic E-state index is 0.0467. The van der Waals surface area contributed by atoms with Crippen molar-refractivity contribution in [1.82, 2.24) is 0 Å². The third kappa shape index (κ3) is 20.3. The van der Waals surface area contributed by atoms with Crippen LogP contribution in [-0.4, -0.2) is 77.3 Å². The average molecular weight is 695 g/mol. The summed E-state index contributed by atoms with van der Waals surface area (Å²) in [6.07, 6.45) is 3.94. The SMILES string of the molecule is CCC(C)c1ccc(COCC2CO2)cc1.CCC(C)c1ccc(COCCOCCOCCOCCO)cc1.CCC(C)c1ccccc1. The average Bonchev–Trinajstić information content (AvgIpc) is 4.00. The standard InChI is InChI=1S/C19H32O5.C14H20O2.C10H14/c1-3-17(2)19-6-4-18(5-7-19)16-24-15-14-23-13-12-22-11-10-21-9-8-20;1-3-11(2)13-6-4-12(5-7-13)8-15-9-14-10-16-14;1-3-9(2)10-7-5-4-6-8-10/h4-7,17,20H,3,8-16H2,1-2H3;4-7,11,14H,3,8-10H2,1-2H3;4-9H,3H2,1-2H3. The maximum Gasteiger partial charge on any atom is 0.104 e. The molecule has 0 spiro atoms. The lowest BCUT2D eigenvalue weighted by Gasteiger charge is -2.10. The van der Waals surface area contributed by atoms with Crippen LogP contribution >= 0.6 is 0 Å². The van der Waals surface area contributed by atoms with Gasteiger partial charge in [-0.15, -0.1) is 0 Å². The Kier molecular flexibility index (Phi) is 24.4. The summed E-state index contributed by atoms with van der Waals surface area (Å²) in [6.45, 7) is 20.0. The Hall–Kier alpha value is -2.62. The van der Waals surface area contributed by atoms with Gasteiger partial charge >= 0.3 is 0 Å². The summed E-state index contributed by atoms with van der Waals surface area (Å²) in [7, 11) is 0. The number of rotatable bonds is 23. The van der Waals surface area contributed by atoms with Crippen LogP contribution in [0.25, 0.3) is 0 Å². The van der Waals surface area contributed by atoms with E-state index in [9.17, 15) is 0 Å². The van der Waals surface area contributed by atoms with E-state index in [1.54, 1.807) is 0 Å². The second-order valence-electron chi connectivity index (χ2n) is 12.9. The van der Waals surface area contributed by atoms with Crippen LogP contribution in [0.4, 0.5) is 0 Å². The largest absolute Gasteiger partial charge is 0.394 e. The monoisotopic (exact) mass is 694 g/mol. The lowest BCUT2D eigenvalue weighted by atomic mass is 9.98. The lowest BCUT2D eigenvalue weighted by Crippen LogP contribution is -2.12. The van der Waals surface area contributed by atoms with Crippen molar-refractivity contribution in [1.29, 1.82) is 0 Å². The first-order valence-corrected chi connectivity index (χ1v) is 18.7. The molecular weight excluding hydrogens is 628 g/mol. The van der Waals surface area contributed by atoms with E-state index in [4.69, 9.17) is 33.5 Å². The summed E-state index contributed by atoms with van der Waals surface area (Å²) in [4.78, 5) is 0. The van der Waals surface area contributed by atoms with Crippen LogP contribution in [0.15, 0.2) is 78.9 Å². The minimum absolute atomic E-state index is 0.0467. The molecule has 3 aromatic rings. The Balaban J connectivity index is 0.000000284. The number of hydrogen-bond acceptors (Lipinski definition) is 7. The van der Waals surface area contributed by atoms with E-state index in [1.807, 2.05) is 0 Å². The number of hydrogen-bond donors (Lipinski definition) is 1. The predicted octanol–water partition coefficient (Wildman–Crippen LogP) is 9.07. The Morgan fingerprint density at radius 2 is 0.920 bits per heavy atom. The smallest absolute Gasteiger partial charge is 0.104 e. The molecule has 50 heavy (non-hydrogen) atoms. The van der Waals surface area contributed by atoms with Crippen LogP contribution in [-0.2, 0) is 41.6 Å². The molecule has 1 saturated heterocycles. The van der Waals surface area contributed by atoms with Crippen molar-refractivity contribution in [3.05, 3.63) is 107 Å². The van der Waals surface area contributed by atoms with Crippen molar-refractivity contribution in [3.63, 3.8) is 0 Å². The summed E-state index contributed by atoms with van der Waals surface area (Å²) < 4.78 is 32.1. The molecule has 7 nitrogen and oxygen atoms in total. The highest BCUT2D eigenvalue weighted by atomic mass is 16.6. The van der Waals surface area contributed by atoms with Crippen molar-refractivity contribution in [2.75, 3.05) is 66.1 Å². The van der Waals surface area contributed by atoms with Gasteiger partial charge in [-0.3, -0.25) is 0 Å². The molecule has 4 atom stereocenters. The number of aliphatic hydroxyl groups is 1. The lowest BCUT2D eigenvalue weighted by molar-refractivity contribution is -0.00743. The zero-order valence-electron chi connectivity index (χ0n) is 31.8. The molecule has 0 aliphatic carbocycles. The zero-order valence-corrected chi connectivity index (χ0v) is 31.8. The maximum atomic E-state index is 8.53. The molecule has 0 amide bonds. The van der Waals surface area contributed by atoms with Gasteiger partial charge in [0.05, 0.1) is 79.3 Å². The third-order valence-electron chi connectivity index (χ3n) is 8.90. The van der Waals surface area contributed by atoms with Gasteiger partial charge in [0.15, 0.2) is 0 Å². The van der Waals surface area contributed by atoms with Crippen molar-refractivity contribution < 1.29 is 33.5 Å². The van der Waals surface area contributed by atoms with Gasteiger partial charge in [-0.2, -0.15) is 0 Å². The van der Waals surface area contributed by atoms with E-state index in [-0.39, 0.29) is 6.61 Å². The van der Waals surface area contributed by atoms with Gasteiger partial charge in [0.2, 0.25) is 0 Å². The number of benzene rings is 3. The van der Waals surface area contributed by atoms with Gasteiger partial charge in [0.1, 0.15) is 6.10 Å². The van der Waals surface area contributed by atoms with E-state index < -0.39 is 0 Å². The Bertz CT molecular complexity index is 1180. The van der Waals surface area contributed by atoms with Gasteiger partial charge in [0, 0.05) is 0 Å². The predicted molar refractivity (Wildman–Crippen MR) is 204 cm³/mol. The molecule has 1 aliphatic heterocycles. The third-order valence-corrected chi connectivity index (χ3v) is 8.90. The Labute approximate surface area is 303 Å². The molecule has 1 fully saturated rings. The van der Waals surface area contributed by atoms with E-state index in [0.717, 1.165) is 19.6 Å². The zero-order chi connectivity index (χ0) is 36.2.